The van der Waals surface area contributed by atoms with Crippen molar-refractivity contribution in [1.82, 2.24) is 5.32 Å². The smallest absolute Gasteiger partial charge is 0.126 e. The summed E-state index contributed by atoms with van der Waals surface area (Å²) in [6.07, 6.45) is 0.635. The normalized spacial score (nSPS) is 10.8. The van der Waals surface area contributed by atoms with E-state index in [2.05, 4.69) is 5.32 Å². The quantitative estimate of drug-likeness (QED) is 0.462. The van der Waals surface area contributed by atoms with E-state index in [1.807, 2.05) is 42.5 Å². The average molecular weight is 404 g/mol. The summed E-state index contributed by atoms with van der Waals surface area (Å²) in [6, 6.07) is 20.0. The second kappa shape index (κ2) is 9.75. The van der Waals surface area contributed by atoms with Crippen molar-refractivity contribution >= 4 is 23.2 Å². The second-order valence-electron chi connectivity index (χ2n) is 6.15. The summed E-state index contributed by atoms with van der Waals surface area (Å²) in [4.78, 5) is 0. The van der Waals surface area contributed by atoms with Gasteiger partial charge in [-0.25, -0.2) is 4.39 Å². The maximum Gasteiger partial charge on any atom is 0.126 e. The minimum Gasteiger partial charge on any atom is -0.489 e. The van der Waals surface area contributed by atoms with Crippen molar-refractivity contribution in [2.75, 3.05) is 6.54 Å². The van der Waals surface area contributed by atoms with Crippen LogP contribution in [-0.2, 0) is 19.6 Å². The highest BCUT2D eigenvalue weighted by molar-refractivity contribution is 6.35. The molecule has 3 aromatic carbocycles. The van der Waals surface area contributed by atoms with Crippen LogP contribution in [-0.4, -0.2) is 6.54 Å². The molecule has 2 nitrogen and oxygen atoms in total. The van der Waals surface area contributed by atoms with Crippen molar-refractivity contribution in [2.45, 2.75) is 19.6 Å². The number of benzene rings is 3. The van der Waals surface area contributed by atoms with E-state index in [9.17, 15) is 4.39 Å². The lowest BCUT2D eigenvalue weighted by atomic mass is 10.1. The van der Waals surface area contributed by atoms with Crippen LogP contribution >= 0.6 is 23.2 Å². The van der Waals surface area contributed by atoms with Gasteiger partial charge in [-0.1, -0.05) is 65.7 Å². The van der Waals surface area contributed by atoms with Gasteiger partial charge in [0.25, 0.3) is 0 Å². The van der Waals surface area contributed by atoms with Crippen LogP contribution in [0.5, 0.6) is 5.75 Å². The molecule has 5 heteroatoms. The molecular weight excluding hydrogens is 384 g/mol. The summed E-state index contributed by atoms with van der Waals surface area (Å²) in [5.41, 5.74) is 2.63. The molecule has 3 aromatic rings. The van der Waals surface area contributed by atoms with Gasteiger partial charge in [-0.15, -0.1) is 0 Å². The van der Waals surface area contributed by atoms with E-state index in [1.165, 1.54) is 6.07 Å². The Bertz CT molecular complexity index is 901. The van der Waals surface area contributed by atoms with Gasteiger partial charge < -0.3 is 10.1 Å². The summed E-state index contributed by atoms with van der Waals surface area (Å²) >= 11 is 12.1. The summed E-state index contributed by atoms with van der Waals surface area (Å²) < 4.78 is 19.6. The Morgan fingerprint density at radius 2 is 1.59 bits per heavy atom. The summed E-state index contributed by atoms with van der Waals surface area (Å²) in [5, 5.41) is 4.53. The monoisotopic (exact) mass is 403 g/mol. The molecule has 0 fully saturated rings. The van der Waals surface area contributed by atoms with Crippen LogP contribution in [0, 0.1) is 5.82 Å². The molecule has 0 radical (unpaired) electrons. The van der Waals surface area contributed by atoms with Crippen LogP contribution in [0.2, 0.25) is 10.0 Å². The topological polar surface area (TPSA) is 21.3 Å². The second-order valence-corrected chi connectivity index (χ2v) is 6.99. The molecule has 0 spiro atoms. The summed E-state index contributed by atoms with van der Waals surface area (Å²) in [5.74, 6) is 0.629. The van der Waals surface area contributed by atoms with Crippen LogP contribution < -0.4 is 10.1 Å². The molecule has 0 aromatic heterocycles. The minimum absolute atomic E-state index is 0.164. The molecule has 140 valence electrons. The maximum atomic E-state index is 13.7. The fourth-order valence-electron chi connectivity index (χ4n) is 2.73. The van der Waals surface area contributed by atoms with Gasteiger partial charge in [0, 0.05) is 27.7 Å². The number of nitrogens with one attached hydrogen (secondary N) is 1. The van der Waals surface area contributed by atoms with Gasteiger partial charge in [-0.05, 0) is 42.8 Å². The van der Waals surface area contributed by atoms with Crippen molar-refractivity contribution in [1.29, 1.82) is 0 Å². The first-order valence-corrected chi connectivity index (χ1v) is 9.48. The van der Waals surface area contributed by atoms with Gasteiger partial charge in [-0.2, -0.15) is 0 Å². The lowest BCUT2D eigenvalue weighted by Gasteiger charge is -2.13. The fraction of sp³-hybridized carbons (Fsp3) is 0.182. The van der Waals surface area contributed by atoms with Gasteiger partial charge in [-0.3, -0.25) is 0 Å². The van der Waals surface area contributed by atoms with Crippen LogP contribution in [0.3, 0.4) is 0 Å². The Balaban J connectivity index is 1.55. The molecule has 0 amide bonds. The lowest BCUT2D eigenvalue weighted by molar-refractivity contribution is 0.302. The Hall–Kier alpha value is -2.07. The van der Waals surface area contributed by atoms with Gasteiger partial charge in [0.2, 0.25) is 0 Å². The highest BCUT2D eigenvalue weighted by Crippen LogP contribution is 2.24. The van der Waals surface area contributed by atoms with Crippen molar-refractivity contribution in [3.05, 3.63) is 99.3 Å². The Morgan fingerprint density at radius 3 is 2.37 bits per heavy atom. The first-order chi connectivity index (χ1) is 13.1. The third-order valence-corrected chi connectivity index (χ3v) is 4.80. The van der Waals surface area contributed by atoms with Crippen LogP contribution in [0.1, 0.15) is 16.7 Å². The molecule has 3 rings (SSSR count). The Labute approximate surface area is 168 Å². The molecule has 0 unspecified atom stereocenters. The molecule has 0 aliphatic heterocycles. The first-order valence-electron chi connectivity index (χ1n) is 8.72. The largest absolute Gasteiger partial charge is 0.489 e. The van der Waals surface area contributed by atoms with E-state index in [1.54, 1.807) is 18.2 Å². The fourth-order valence-corrected chi connectivity index (χ4v) is 3.20. The highest BCUT2D eigenvalue weighted by atomic mass is 35.5. The highest BCUT2D eigenvalue weighted by Gasteiger charge is 2.07. The molecule has 0 saturated heterocycles. The average Bonchev–Trinajstić information content (AvgIpc) is 2.67. The molecule has 0 aliphatic rings. The minimum atomic E-state index is -0.164. The van der Waals surface area contributed by atoms with Crippen LogP contribution in [0.15, 0.2) is 66.7 Å². The lowest BCUT2D eigenvalue weighted by Crippen LogP contribution is -2.17. The van der Waals surface area contributed by atoms with E-state index in [0.29, 0.717) is 41.7 Å². The zero-order valence-electron chi connectivity index (χ0n) is 14.7. The predicted molar refractivity (Wildman–Crippen MR) is 109 cm³/mol. The Kier molecular flexibility index (Phi) is 7.11. The van der Waals surface area contributed by atoms with Crippen molar-refractivity contribution in [3.8, 4) is 5.75 Å². The summed E-state index contributed by atoms with van der Waals surface area (Å²) in [6.45, 7) is 1.68. The third kappa shape index (κ3) is 5.70. The van der Waals surface area contributed by atoms with E-state index in [0.717, 1.165) is 16.9 Å². The number of para-hydroxylation sites is 1. The van der Waals surface area contributed by atoms with Crippen molar-refractivity contribution in [3.63, 3.8) is 0 Å². The van der Waals surface area contributed by atoms with Gasteiger partial charge in [0.05, 0.1) is 0 Å². The molecule has 0 heterocycles. The molecule has 0 bridgehead atoms. The van der Waals surface area contributed by atoms with Gasteiger partial charge in [0.15, 0.2) is 0 Å². The molecule has 1 N–H and O–H groups in total. The SMILES string of the molecule is Fc1ccccc1CCNCc1ccccc1OCc1ccc(Cl)cc1Cl. The molecule has 0 saturated carbocycles. The van der Waals surface area contributed by atoms with E-state index < -0.39 is 0 Å². The number of hydrogen-bond acceptors (Lipinski definition) is 2. The predicted octanol–water partition coefficient (Wildman–Crippen LogP) is 6.04. The third-order valence-electron chi connectivity index (χ3n) is 4.22. The standard InChI is InChI=1S/C22H20Cl2FNO/c23-19-10-9-18(20(24)13-19)15-27-22-8-4-2-6-17(22)14-26-12-11-16-5-1-3-7-21(16)25/h1-10,13,26H,11-12,14-15H2. The van der Waals surface area contributed by atoms with E-state index >= 15 is 0 Å². The van der Waals surface area contributed by atoms with Gasteiger partial charge in [0.1, 0.15) is 18.2 Å². The van der Waals surface area contributed by atoms with Crippen molar-refractivity contribution in [2.24, 2.45) is 0 Å². The number of rotatable bonds is 8. The number of ether oxygens (including phenoxy) is 1. The van der Waals surface area contributed by atoms with E-state index in [-0.39, 0.29) is 5.82 Å². The molecule has 27 heavy (non-hydrogen) atoms. The first kappa shape index (κ1) is 19.7. The summed E-state index contributed by atoms with van der Waals surface area (Å²) in [7, 11) is 0. The molecule has 0 atom stereocenters. The van der Waals surface area contributed by atoms with E-state index in [4.69, 9.17) is 27.9 Å². The Morgan fingerprint density at radius 1 is 0.852 bits per heavy atom. The molecular formula is C22H20Cl2FNO. The van der Waals surface area contributed by atoms with Crippen LogP contribution in [0.4, 0.5) is 4.39 Å². The molecule has 0 aliphatic carbocycles. The zero-order chi connectivity index (χ0) is 19.1. The number of hydrogen-bond donors (Lipinski definition) is 1. The zero-order valence-corrected chi connectivity index (χ0v) is 16.2. The van der Waals surface area contributed by atoms with Crippen molar-refractivity contribution < 1.29 is 9.13 Å². The van der Waals surface area contributed by atoms with Crippen LogP contribution in [0.25, 0.3) is 0 Å². The number of halogens is 3. The van der Waals surface area contributed by atoms with Gasteiger partial charge >= 0.3 is 0 Å². The maximum absolute atomic E-state index is 13.7.